The molecule has 0 heterocycles. The Morgan fingerprint density at radius 2 is 1.65 bits per heavy atom. The van der Waals surface area contributed by atoms with Crippen LogP contribution in [-0.2, 0) is 0 Å². The van der Waals surface area contributed by atoms with Crippen molar-refractivity contribution in [1.29, 1.82) is 0 Å². The molecule has 0 saturated carbocycles. The smallest absolute Gasteiger partial charge is 0.120 e. The number of aliphatic hydroxyl groups excluding tert-OH is 1. The molecule has 0 saturated heterocycles. The van der Waals surface area contributed by atoms with Crippen molar-refractivity contribution in [3.8, 4) is 16.9 Å². The van der Waals surface area contributed by atoms with Crippen molar-refractivity contribution in [1.82, 2.24) is 0 Å². The third-order valence-electron chi connectivity index (χ3n) is 3.29. The molecule has 0 amide bonds. The van der Waals surface area contributed by atoms with Crippen LogP contribution < -0.4 is 4.74 Å². The lowest BCUT2D eigenvalue weighted by Crippen LogP contribution is -2.01. The van der Waals surface area contributed by atoms with Gasteiger partial charge in [0.15, 0.2) is 0 Å². The van der Waals surface area contributed by atoms with E-state index in [4.69, 9.17) is 9.84 Å². The fourth-order valence-corrected chi connectivity index (χ4v) is 2.39. The largest absolute Gasteiger partial charge is 0.491 e. The van der Waals surface area contributed by atoms with Crippen LogP contribution in [0.5, 0.6) is 5.75 Å². The van der Waals surface area contributed by atoms with E-state index in [0.717, 1.165) is 11.3 Å². The second-order valence-corrected chi connectivity index (χ2v) is 4.63. The van der Waals surface area contributed by atoms with Gasteiger partial charge in [0, 0.05) is 0 Å². The summed E-state index contributed by atoms with van der Waals surface area (Å²) in [5.74, 6) is 0.782. The highest BCUT2D eigenvalue weighted by atomic mass is 16.5. The first kappa shape index (κ1) is 12.7. The number of fused-ring (bicyclic) bond motifs is 1. The maximum atomic E-state index is 8.83. The third kappa shape index (κ3) is 2.51. The van der Waals surface area contributed by atoms with Gasteiger partial charge in [-0.15, -0.1) is 0 Å². The molecule has 0 aliphatic rings. The maximum absolute atomic E-state index is 8.83. The molecule has 0 fully saturated rings. The Bertz CT molecular complexity index is 714. The first-order valence-electron chi connectivity index (χ1n) is 6.70. The minimum atomic E-state index is 0.0263. The van der Waals surface area contributed by atoms with Crippen LogP contribution in [0.4, 0.5) is 0 Å². The van der Waals surface area contributed by atoms with Gasteiger partial charge in [-0.25, -0.2) is 0 Å². The summed E-state index contributed by atoms with van der Waals surface area (Å²) in [5.41, 5.74) is 2.31. The van der Waals surface area contributed by atoms with Gasteiger partial charge in [0.25, 0.3) is 0 Å². The Morgan fingerprint density at radius 3 is 2.55 bits per heavy atom. The number of ether oxygens (including phenoxy) is 1. The standard InChI is InChI=1S/C18H16O2/c19-11-12-20-16-8-3-7-15(13-16)18-10-4-6-14-5-1-2-9-17(14)18/h1-10,13,19H,11-12H2. The van der Waals surface area contributed by atoms with Crippen molar-refractivity contribution in [2.75, 3.05) is 13.2 Å². The van der Waals surface area contributed by atoms with E-state index in [9.17, 15) is 0 Å². The Morgan fingerprint density at radius 1 is 0.850 bits per heavy atom. The Kier molecular flexibility index (Phi) is 3.66. The summed E-state index contributed by atoms with van der Waals surface area (Å²) in [6.45, 7) is 0.345. The van der Waals surface area contributed by atoms with Crippen molar-refractivity contribution in [3.63, 3.8) is 0 Å². The van der Waals surface area contributed by atoms with E-state index in [1.807, 2.05) is 24.3 Å². The summed E-state index contributed by atoms with van der Waals surface area (Å²) in [6, 6.07) is 22.6. The van der Waals surface area contributed by atoms with Gasteiger partial charge in [-0.05, 0) is 34.0 Å². The molecule has 1 N–H and O–H groups in total. The minimum absolute atomic E-state index is 0.0263. The summed E-state index contributed by atoms with van der Waals surface area (Å²) in [4.78, 5) is 0. The van der Waals surface area contributed by atoms with Crippen molar-refractivity contribution in [2.45, 2.75) is 0 Å². The van der Waals surface area contributed by atoms with E-state index in [1.54, 1.807) is 0 Å². The van der Waals surface area contributed by atoms with Gasteiger partial charge in [0.05, 0.1) is 6.61 Å². The van der Waals surface area contributed by atoms with E-state index >= 15 is 0 Å². The quantitative estimate of drug-likeness (QED) is 0.775. The average Bonchev–Trinajstić information content (AvgIpc) is 2.52. The van der Waals surface area contributed by atoms with Crippen LogP contribution >= 0.6 is 0 Å². The summed E-state index contributed by atoms with van der Waals surface area (Å²) in [6.07, 6.45) is 0. The lowest BCUT2D eigenvalue weighted by Gasteiger charge is -2.09. The van der Waals surface area contributed by atoms with Gasteiger partial charge in [-0.2, -0.15) is 0 Å². The highest BCUT2D eigenvalue weighted by molar-refractivity contribution is 5.96. The molecule has 0 radical (unpaired) electrons. The summed E-state index contributed by atoms with van der Waals surface area (Å²) >= 11 is 0. The molecular formula is C18H16O2. The zero-order valence-corrected chi connectivity index (χ0v) is 11.1. The van der Waals surface area contributed by atoms with Gasteiger partial charge < -0.3 is 9.84 Å². The van der Waals surface area contributed by atoms with Crippen LogP contribution in [0.15, 0.2) is 66.7 Å². The molecule has 0 aliphatic carbocycles. The Labute approximate surface area is 118 Å². The second kappa shape index (κ2) is 5.76. The normalized spacial score (nSPS) is 10.7. The molecule has 3 rings (SSSR count). The number of hydrogen-bond donors (Lipinski definition) is 1. The number of benzene rings is 3. The fraction of sp³-hybridized carbons (Fsp3) is 0.111. The Hall–Kier alpha value is -2.32. The number of hydrogen-bond acceptors (Lipinski definition) is 2. The van der Waals surface area contributed by atoms with E-state index in [1.165, 1.54) is 16.3 Å². The predicted octanol–water partition coefficient (Wildman–Crippen LogP) is 3.88. The molecule has 0 spiro atoms. The highest BCUT2D eigenvalue weighted by Crippen LogP contribution is 2.30. The molecule has 0 aliphatic heterocycles. The third-order valence-corrected chi connectivity index (χ3v) is 3.29. The van der Waals surface area contributed by atoms with Crippen molar-refractivity contribution < 1.29 is 9.84 Å². The molecule has 2 heteroatoms. The highest BCUT2D eigenvalue weighted by Gasteiger charge is 2.04. The first-order chi connectivity index (χ1) is 9.88. The molecule has 20 heavy (non-hydrogen) atoms. The summed E-state index contributed by atoms with van der Waals surface area (Å²) in [7, 11) is 0. The molecular weight excluding hydrogens is 248 g/mol. The van der Waals surface area contributed by atoms with Gasteiger partial charge in [0.1, 0.15) is 12.4 Å². The molecule has 3 aromatic rings. The van der Waals surface area contributed by atoms with Crippen molar-refractivity contribution >= 4 is 10.8 Å². The monoisotopic (exact) mass is 264 g/mol. The fourth-order valence-electron chi connectivity index (χ4n) is 2.39. The maximum Gasteiger partial charge on any atom is 0.120 e. The molecule has 100 valence electrons. The predicted molar refractivity (Wildman–Crippen MR) is 82.0 cm³/mol. The van der Waals surface area contributed by atoms with Crippen LogP contribution in [0.1, 0.15) is 0 Å². The lowest BCUT2D eigenvalue weighted by atomic mass is 9.98. The van der Waals surface area contributed by atoms with E-state index in [0.29, 0.717) is 6.61 Å². The van der Waals surface area contributed by atoms with Crippen LogP contribution in [-0.4, -0.2) is 18.3 Å². The summed E-state index contributed by atoms with van der Waals surface area (Å²) < 4.78 is 5.48. The SMILES string of the molecule is OCCOc1cccc(-c2cccc3ccccc23)c1. The van der Waals surface area contributed by atoms with Crippen LogP contribution in [0, 0.1) is 0 Å². The Balaban J connectivity index is 2.06. The molecule has 2 nitrogen and oxygen atoms in total. The zero-order chi connectivity index (χ0) is 13.8. The van der Waals surface area contributed by atoms with Gasteiger partial charge in [0.2, 0.25) is 0 Å². The second-order valence-electron chi connectivity index (χ2n) is 4.63. The number of rotatable bonds is 4. The van der Waals surface area contributed by atoms with Crippen molar-refractivity contribution in [3.05, 3.63) is 66.7 Å². The zero-order valence-electron chi connectivity index (χ0n) is 11.1. The van der Waals surface area contributed by atoms with Gasteiger partial charge in [-0.1, -0.05) is 54.6 Å². The minimum Gasteiger partial charge on any atom is -0.491 e. The molecule has 0 unspecified atom stereocenters. The molecule has 0 atom stereocenters. The average molecular weight is 264 g/mol. The van der Waals surface area contributed by atoms with E-state index < -0.39 is 0 Å². The van der Waals surface area contributed by atoms with E-state index in [2.05, 4.69) is 42.5 Å². The molecule has 0 bridgehead atoms. The van der Waals surface area contributed by atoms with E-state index in [-0.39, 0.29) is 6.61 Å². The topological polar surface area (TPSA) is 29.5 Å². The van der Waals surface area contributed by atoms with Crippen LogP contribution in [0.3, 0.4) is 0 Å². The van der Waals surface area contributed by atoms with Crippen LogP contribution in [0.2, 0.25) is 0 Å². The molecule has 3 aromatic carbocycles. The van der Waals surface area contributed by atoms with Crippen molar-refractivity contribution in [2.24, 2.45) is 0 Å². The lowest BCUT2D eigenvalue weighted by molar-refractivity contribution is 0.201. The first-order valence-corrected chi connectivity index (χ1v) is 6.70. The van der Waals surface area contributed by atoms with Gasteiger partial charge in [-0.3, -0.25) is 0 Å². The van der Waals surface area contributed by atoms with Gasteiger partial charge >= 0.3 is 0 Å². The summed E-state index contributed by atoms with van der Waals surface area (Å²) in [5, 5.41) is 11.3. The molecule has 0 aromatic heterocycles. The van der Waals surface area contributed by atoms with Crippen LogP contribution in [0.25, 0.3) is 21.9 Å². The number of aliphatic hydroxyl groups is 1.